The van der Waals surface area contributed by atoms with Gasteiger partial charge in [-0.3, -0.25) is 14.3 Å². The number of carbonyl (C=O) groups is 2. The molecular formula is C13H19N5O2. The number of rotatable bonds is 2. The molecule has 2 saturated heterocycles. The van der Waals surface area contributed by atoms with Crippen molar-refractivity contribution in [3.05, 3.63) is 17.5 Å². The van der Waals surface area contributed by atoms with Gasteiger partial charge in [-0.2, -0.15) is 5.10 Å². The number of nitrogens with one attached hydrogen (secondary N) is 1. The molecule has 1 atom stereocenters. The molecule has 2 amide bonds. The van der Waals surface area contributed by atoms with Crippen LogP contribution in [0.15, 0.2) is 6.07 Å². The lowest BCUT2D eigenvalue weighted by molar-refractivity contribution is -0.160. The zero-order valence-corrected chi connectivity index (χ0v) is 11.8. The number of carbonyl (C=O) groups excluding carboxylic acids is 2. The number of nitrogens with zero attached hydrogens (tertiary/aromatic N) is 4. The van der Waals surface area contributed by atoms with Crippen molar-refractivity contribution < 1.29 is 9.59 Å². The monoisotopic (exact) mass is 277 g/mol. The molecule has 3 rings (SSSR count). The van der Waals surface area contributed by atoms with E-state index >= 15 is 0 Å². The van der Waals surface area contributed by atoms with Crippen molar-refractivity contribution in [2.75, 3.05) is 26.2 Å². The molecule has 1 N–H and O–H groups in total. The van der Waals surface area contributed by atoms with Crippen LogP contribution in [0.1, 0.15) is 11.4 Å². The summed E-state index contributed by atoms with van der Waals surface area (Å²) in [5, 5.41) is 7.54. The van der Waals surface area contributed by atoms with Gasteiger partial charge in [-0.1, -0.05) is 0 Å². The molecule has 0 aliphatic carbocycles. The maximum Gasteiger partial charge on any atom is 0.312 e. The Kier molecular flexibility index (Phi) is 3.21. The molecule has 3 heterocycles. The second-order valence-electron chi connectivity index (χ2n) is 5.44. The van der Waals surface area contributed by atoms with Gasteiger partial charge >= 0.3 is 11.8 Å². The highest BCUT2D eigenvalue weighted by atomic mass is 16.2. The number of piperazine rings is 2. The SMILES string of the molecule is Cc1cc(CN2CC3CNCCN3C(=O)C2=O)n(C)n1. The number of hydrogen-bond donors (Lipinski definition) is 1. The van der Waals surface area contributed by atoms with Gasteiger partial charge in [0.2, 0.25) is 0 Å². The van der Waals surface area contributed by atoms with E-state index in [2.05, 4.69) is 10.4 Å². The molecule has 7 nitrogen and oxygen atoms in total. The summed E-state index contributed by atoms with van der Waals surface area (Å²) < 4.78 is 1.76. The number of amides is 2. The first-order valence-corrected chi connectivity index (χ1v) is 6.86. The van der Waals surface area contributed by atoms with Crippen molar-refractivity contribution in [1.29, 1.82) is 0 Å². The van der Waals surface area contributed by atoms with E-state index in [1.807, 2.05) is 20.0 Å². The van der Waals surface area contributed by atoms with Crippen LogP contribution in [-0.4, -0.2) is 63.6 Å². The fraction of sp³-hybridized carbons (Fsp3) is 0.615. The second-order valence-corrected chi connectivity index (χ2v) is 5.44. The molecule has 1 unspecified atom stereocenters. The zero-order chi connectivity index (χ0) is 14.3. The molecule has 20 heavy (non-hydrogen) atoms. The van der Waals surface area contributed by atoms with Crippen molar-refractivity contribution in [2.45, 2.75) is 19.5 Å². The normalized spacial score (nSPS) is 23.2. The number of aromatic nitrogens is 2. The molecule has 108 valence electrons. The Balaban J connectivity index is 1.78. The third kappa shape index (κ3) is 2.18. The quantitative estimate of drug-likeness (QED) is 0.695. The molecule has 7 heteroatoms. The molecule has 1 aromatic rings. The van der Waals surface area contributed by atoms with E-state index < -0.39 is 5.91 Å². The van der Waals surface area contributed by atoms with Crippen LogP contribution in [0.3, 0.4) is 0 Å². The Bertz CT molecular complexity index is 553. The summed E-state index contributed by atoms with van der Waals surface area (Å²) in [5.74, 6) is -0.774. The van der Waals surface area contributed by atoms with E-state index in [0.29, 0.717) is 19.6 Å². The summed E-state index contributed by atoms with van der Waals surface area (Å²) in [4.78, 5) is 27.7. The van der Waals surface area contributed by atoms with Crippen molar-refractivity contribution in [3.8, 4) is 0 Å². The number of hydrogen-bond acceptors (Lipinski definition) is 4. The van der Waals surface area contributed by atoms with Gasteiger partial charge in [-0.15, -0.1) is 0 Å². The third-order valence-corrected chi connectivity index (χ3v) is 3.96. The smallest absolute Gasteiger partial charge is 0.312 e. The van der Waals surface area contributed by atoms with Crippen molar-refractivity contribution in [1.82, 2.24) is 24.9 Å². The minimum absolute atomic E-state index is 0.0864. The Labute approximate surface area is 117 Å². The van der Waals surface area contributed by atoms with E-state index in [0.717, 1.165) is 24.5 Å². The van der Waals surface area contributed by atoms with Crippen LogP contribution in [0.4, 0.5) is 0 Å². The molecule has 0 spiro atoms. The Morgan fingerprint density at radius 2 is 2.20 bits per heavy atom. The van der Waals surface area contributed by atoms with E-state index in [-0.39, 0.29) is 11.9 Å². The van der Waals surface area contributed by atoms with Crippen LogP contribution < -0.4 is 5.32 Å². The molecule has 1 aromatic heterocycles. The minimum Gasteiger partial charge on any atom is -0.327 e. The standard InChI is InChI=1S/C13H19N5O2/c1-9-5-10(16(2)15-9)7-17-8-11-6-14-3-4-18(11)13(20)12(17)19/h5,11,14H,3-4,6-8H2,1-2H3. The van der Waals surface area contributed by atoms with Gasteiger partial charge in [0, 0.05) is 33.2 Å². The van der Waals surface area contributed by atoms with Crippen LogP contribution in [0, 0.1) is 6.92 Å². The predicted molar refractivity (Wildman–Crippen MR) is 71.7 cm³/mol. The maximum absolute atomic E-state index is 12.2. The number of aryl methyl sites for hydroxylation is 2. The summed E-state index contributed by atoms with van der Waals surface area (Å²) in [5.41, 5.74) is 1.86. The Morgan fingerprint density at radius 3 is 2.90 bits per heavy atom. The van der Waals surface area contributed by atoms with Crippen molar-refractivity contribution in [2.24, 2.45) is 7.05 Å². The van der Waals surface area contributed by atoms with Crippen LogP contribution in [0.25, 0.3) is 0 Å². The van der Waals surface area contributed by atoms with E-state index in [9.17, 15) is 9.59 Å². The molecule has 0 radical (unpaired) electrons. The Morgan fingerprint density at radius 1 is 1.40 bits per heavy atom. The minimum atomic E-state index is -0.401. The van der Waals surface area contributed by atoms with Crippen LogP contribution in [0.2, 0.25) is 0 Å². The van der Waals surface area contributed by atoms with Gasteiger partial charge in [0.15, 0.2) is 0 Å². The maximum atomic E-state index is 12.2. The van der Waals surface area contributed by atoms with Crippen molar-refractivity contribution in [3.63, 3.8) is 0 Å². The largest absolute Gasteiger partial charge is 0.327 e. The highest BCUT2D eigenvalue weighted by Crippen LogP contribution is 2.16. The number of fused-ring (bicyclic) bond motifs is 1. The molecule has 2 aliphatic heterocycles. The van der Waals surface area contributed by atoms with Crippen molar-refractivity contribution >= 4 is 11.8 Å². The molecule has 2 fully saturated rings. The van der Waals surface area contributed by atoms with Gasteiger partial charge in [-0.05, 0) is 13.0 Å². The first kappa shape index (κ1) is 13.1. The van der Waals surface area contributed by atoms with E-state index in [1.54, 1.807) is 14.5 Å². The Hall–Kier alpha value is -1.89. The molecule has 0 bridgehead atoms. The lowest BCUT2D eigenvalue weighted by Gasteiger charge is -2.43. The van der Waals surface area contributed by atoms with Gasteiger partial charge in [-0.25, -0.2) is 0 Å². The van der Waals surface area contributed by atoms with Gasteiger partial charge in [0.1, 0.15) is 0 Å². The van der Waals surface area contributed by atoms with E-state index in [1.165, 1.54) is 0 Å². The average Bonchev–Trinajstić information content (AvgIpc) is 2.74. The first-order chi connectivity index (χ1) is 9.56. The van der Waals surface area contributed by atoms with Gasteiger partial charge < -0.3 is 15.1 Å². The summed E-state index contributed by atoms with van der Waals surface area (Å²) in [7, 11) is 1.85. The third-order valence-electron chi connectivity index (χ3n) is 3.96. The average molecular weight is 277 g/mol. The highest BCUT2D eigenvalue weighted by Gasteiger charge is 2.40. The highest BCUT2D eigenvalue weighted by molar-refractivity contribution is 6.35. The molecule has 0 saturated carbocycles. The fourth-order valence-corrected chi connectivity index (χ4v) is 2.93. The molecular weight excluding hydrogens is 258 g/mol. The van der Waals surface area contributed by atoms with Crippen LogP contribution in [0.5, 0.6) is 0 Å². The first-order valence-electron chi connectivity index (χ1n) is 6.86. The zero-order valence-electron chi connectivity index (χ0n) is 11.8. The molecule has 2 aliphatic rings. The predicted octanol–water partition coefficient (Wildman–Crippen LogP) is -1.13. The van der Waals surface area contributed by atoms with Gasteiger partial charge in [0.25, 0.3) is 0 Å². The lowest BCUT2D eigenvalue weighted by atomic mass is 10.1. The lowest BCUT2D eigenvalue weighted by Crippen LogP contribution is -2.65. The van der Waals surface area contributed by atoms with Gasteiger partial charge in [0.05, 0.1) is 24.0 Å². The summed E-state index contributed by atoms with van der Waals surface area (Å²) in [6, 6.07) is 2.03. The summed E-state index contributed by atoms with van der Waals surface area (Å²) in [6.45, 7) is 5.07. The second kappa shape index (κ2) is 4.90. The molecule has 0 aromatic carbocycles. The summed E-state index contributed by atoms with van der Waals surface area (Å²) in [6.07, 6.45) is 0. The topological polar surface area (TPSA) is 70.5 Å². The fourth-order valence-electron chi connectivity index (χ4n) is 2.93. The van der Waals surface area contributed by atoms with Crippen LogP contribution in [-0.2, 0) is 23.2 Å². The van der Waals surface area contributed by atoms with E-state index in [4.69, 9.17) is 0 Å². The summed E-state index contributed by atoms with van der Waals surface area (Å²) >= 11 is 0. The van der Waals surface area contributed by atoms with Crippen LogP contribution >= 0.6 is 0 Å².